The minimum Gasteiger partial charge on any atom is -0.368 e. The number of hydrogen-bond acceptors (Lipinski definition) is 5. The normalized spacial score (nSPS) is 12.3. The van der Waals surface area contributed by atoms with Crippen molar-refractivity contribution in [3.05, 3.63) is 52.8 Å². The number of aromatic nitrogens is 2. The lowest BCUT2D eigenvalue weighted by molar-refractivity contribution is -0.0763. The predicted molar refractivity (Wildman–Crippen MR) is 86.5 cm³/mol. The summed E-state index contributed by atoms with van der Waals surface area (Å²) in [6.07, 6.45) is 2.52. The molecule has 2 aromatic rings. The molecule has 1 aromatic heterocycles. The Balaban J connectivity index is 1.93. The van der Waals surface area contributed by atoms with Gasteiger partial charge in [0.05, 0.1) is 6.10 Å². The fourth-order valence-corrected chi connectivity index (χ4v) is 2.46. The number of nitrogens with two attached hydrogens (primary N) is 1. The Labute approximate surface area is 135 Å². The summed E-state index contributed by atoms with van der Waals surface area (Å²) in [7, 11) is 1.62. The molecule has 0 spiro atoms. The summed E-state index contributed by atoms with van der Waals surface area (Å²) in [5.74, 6) is 0.206. The third-order valence-electron chi connectivity index (χ3n) is 3.22. The predicted octanol–water partition coefficient (Wildman–Crippen LogP) is 3.40. The van der Waals surface area contributed by atoms with Crippen LogP contribution in [0.15, 0.2) is 36.4 Å². The second-order valence-electron chi connectivity index (χ2n) is 4.90. The van der Waals surface area contributed by atoms with Gasteiger partial charge in [-0.05, 0) is 30.9 Å². The lowest BCUT2D eigenvalue weighted by Crippen LogP contribution is -2.08. The van der Waals surface area contributed by atoms with E-state index >= 15 is 0 Å². The van der Waals surface area contributed by atoms with E-state index in [-0.39, 0.29) is 18.8 Å². The first-order chi connectivity index (χ1) is 10.7. The van der Waals surface area contributed by atoms with E-state index in [4.69, 9.17) is 26.8 Å². The quantitative estimate of drug-likeness (QED) is 0.596. The topological polar surface area (TPSA) is 70.3 Å². The van der Waals surface area contributed by atoms with Crippen LogP contribution in [0.1, 0.15) is 30.2 Å². The highest BCUT2D eigenvalue weighted by Crippen LogP contribution is 2.23. The standard InChI is InChI=1S/C16H20ClN3O2/c1-21-11-22-14(12-6-3-2-4-7-12)9-5-8-13-10-15(17)20-16(18)19-13/h2-4,6-7,10,14H,5,8-9,11H2,1H3,(H2,18,19,20). The Bertz CT molecular complexity index is 561. The smallest absolute Gasteiger partial charge is 0.221 e. The maximum Gasteiger partial charge on any atom is 0.221 e. The molecule has 2 rings (SSSR count). The number of halogens is 1. The molecule has 22 heavy (non-hydrogen) atoms. The van der Waals surface area contributed by atoms with Gasteiger partial charge in [-0.15, -0.1) is 0 Å². The molecule has 1 aromatic carbocycles. The monoisotopic (exact) mass is 321 g/mol. The van der Waals surface area contributed by atoms with Crippen molar-refractivity contribution in [1.82, 2.24) is 9.97 Å². The van der Waals surface area contributed by atoms with Crippen molar-refractivity contribution < 1.29 is 9.47 Å². The van der Waals surface area contributed by atoms with Gasteiger partial charge in [-0.3, -0.25) is 0 Å². The lowest BCUT2D eigenvalue weighted by Gasteiger charge is -2.17. The van der Waals surface area contributed by atoms with Gasteiger partial charge in [-0.1, -0.05) is 41.9 Å². The number of hydrogen-bond donors (Lipinski definition) is 1. The highest BCUT2D eigenvalue weighted by Gasteiger charge is 2.12. The van der Waals surface area contributed by atoms with E-state index in [0.717, 1.165) is 30.5 Å². The van der Waals surface area contributed by atoms with Crippen molar-refractivity contribution in [3.8, 4) is 0 Å². The first-order valence-electron chi connectivity index (χ1n) is 7.13. The Morgan fingerprint density at radius 1 is 1.23 bits per heavy atom. The van der Waals surface area contributed by atoms with E-state index in [1.54, 1.807) is 13.2 Å². The minimum atomic E-state index is -0.00388. The SMILES string of the molecule is COCOC(CCCc1cc(Cl)nc(N)n1)c1ccccc1. The summed E-state index contributed by atoms with van der Waals surface area (Å²) in [5.41, 5.74) is 7.58. The van der Waals surface area contributed by atoms with E-state index in [1.165, 1.54) is 0 Å². The van der Waals surface area contributed by atoms with Gasteiger partial charge in [0.15, 0.2) is 0 Å². The number of ether oxygens (including phenoxy) is 2. The second-order valence-corrected chi connectivity index (χ2v) is 5.29. The fourth-order valence-electron chi connectivity index (χ4n) is 2.24. The van der Waals surface area contributed by atoms with Crippen molar-refractivity contribution in [1.29, 1.82) is 0 Å². The Morgan fingerprint density at radius 2 is 2.00 bits per heavy atom. The number of rotatable bonds is 8. The average Bonchev–Trinajstić information content (AvgIpc) is 2.50. The Kier molecular flexibility index (Phi) is 6.58. The third-order valence-corrected chi connectivity index (χ3v) is 3.42. The summed E-state index contributed by atoms with van der Waals surface area (Å²) in [6.45, 7) is 0.270. The second kappa shape index (κ2) is 8.68. The molecule has 0 amide bonds. The van der Waals surface area contributed by atoms with Gasteiger partial charge in [0.25, 0.3) is 0 Å². The molecule has 0 aliphatic heterocycles. The zero-order valence-corrected chi connectivity index (χ0v) is 13.3. The first-order valence-corrected chi connectivity index (χ1v) is 7.51. The first kappa shape index (κ1) is 16.7. The number of benzene rings is 1. The Morgan fingerprint density at radius 3 is 2.68 bits per heavy atom. The molecule has 0 radical (unpaired) electrons. The van der Waals surface area contributed by atoms with E-state index in [0.29, 0.717) is 5.15 Å². The van der Waals surface area contributed by atoms with E-state index < -0.39 is 0 Å². The molecular weight excluding hydrogens is 302 g/mol. The molecule has 0 bridgehead atoms. The third kappa shape index (κ3) is 5.26. The van der Waals surface area contributed by atoms with Gasteiger partial charge in [-0.2, -0.15) is 0 Å². The summed E-state index contributed by atoms with van der Waals surface area (Å²) in [4.78, 5) is 8.04. The molecule has 0 aliphatic carbocycles. The van der Waals surface area contributed by atoms with Crippen LogP contribution in [0.2, 0.25) is 5.15 Å². The van der Waals surface area contributed by atoms with Crippen molar-refractivity contribution in [2.24, 2.45) is 0 Å². The lowest BCUT2D eigenvalue weighted by atomic mass is 10.0. The molecule has 0 saturated carbocycles. The number of anilines is 1. The van der Waals surface area contributed by atoms with Gasteiger partial charge >= 0.3 is 0 Å². The summed E-state index contributed by atoms with van der Waals surface area (Å²) < 4.78 is 10.8. The number of nitrogens with zero attached hydrogens (tertiary/aromatic N) is 2. The zero-order valence-electron chi connectivity index (χ0n) is 12.5. The molecular formula is C16H20ClN3O2. The van der Waals surface area contributed by atoms with Crippen molar-refractivity contribution >= 4 is 17.5 Å². The van der Waals surface area contributed by atoms with Crippen LogP contribution in [0.4, 0.5) is 5.95 Å². The highest BCUT2D eigenvalue weighted by molar-refractivity contribution is 6.29. The van der Waals surface area contributed by atoms with E-state index in [1.807, 2.05) is 18.2 Å². The molecule has 1 atom stereocenters. The number of nitrogen functional groups attached to an aromatic ring is 1. The average molecular weight is 322 g/mol. The van der Waals surface area contributed by atoms with Crippen LogP contribution < -0.4 is 5.73 Å². The molecule has 1 heterocycles. The molecule has 118 valence electrons. The fraction of sp³-hybridized carbons (Fsp3) is 0.375. The van der Waals surface area contributed by atoms with Crippen molar-refractivity contribution in [2.75, 3.05) is 19.6 Å². The number of aryl methyl sites for hydroxylation is 1. The van der Waals surface area contributed by atoms with E-state index in [9.17, 15) is 0 Å². The van der Waals surface area contributed by atoms with Gasteiger partial charge in [0.2, 0.25) is 5.95 Å². The number of methoxy groups -OCH3 is 1. The zero-order chi connectivity index (χ0) is 15.8. The maximum atomic E-state index is 5.88. The summed E-state index contributed by atoms with van der Waals surface area (Å²) in [6, 6.07) is 11.8. The van der Waals surface area contributed by atoms with Crippen molar-refractivity contribution in [3.63, 3.8) is 0 Å². The van der Waals surface area contributed by atoms with Crippen LogP contribution in [0, 0.1) is 0 Å². The van der Waals surface area contributed by atoms with Crippen LogP contribution in [-0.4, -0.2) is 23.9 Å². The van der Waals surface area contributed by atoms with Crippen LogP contribution in [-0.2, 0) is 15.9 Å². The van der Waals surface area contributed by atoms with Gasteiger partial charge in [0, 0.05) is 12.8 Å². The van der Waals surface area contributed by atoms with Crippen LogP contribution in [0.25, 0.3) is 0 Å². The molecule has 2 N–H and O–H groups in total. The molecule has 0 aliphatic rings. The molecule has 0 saturated heterocycles. The van der Waals surface area contributed by atoms with Gasteiger partial charge in [-0.25, -0.2) is 9.97 Å². The summed E-state index contributed by atoms with van der Waals surface area (Å²) >= 11 is 5.88. The molecule has 1 unspecified atom stereocenters. The van der Waals surface area contributed by atoms with E-state index in [2.05, 4.69) is 22.1 Å². The van der Waals surface area contributed by atoms with Gasteiger partial charge in [0.1, 0.15) is 11.9 Å². The minimum absolute atomic E-state index is 0.00388. The highest BCUT2D eigenvalue weighted by atomic mass is 35.5. The van der Waals surface area contributed by atoms with Crippen LogP contribution in [0.5, 0.6) is 0 Å². The molecule has 6 heteroatoms. The molecule has 0 fully saturated rings. The maximum absolute atomic E-state index is 5.88. The van der Waals surface area contributed by atoms with Gasteiger partial charge < -0.3 is 15.2 Å². The summed E-state index contributed by atoms with van der Waals surface area (Å²) in [5, 5.41) is 0.373. The van der Waals surface area contributed by atoms with Crippen LogP contribution in [0.3, 0.4) is 0 Å². The molecule has 5 nitrogen and oxygen atoms in total. The van der Waals surface area contributed by atoms with Crippen LogP contribution >= 0.6 is 11.6 Å². The van der Waals surface area contributed by atoms with Crippen molar-refractivity contribution in [2.45, 2.75) is 25.4 Å². The Hall–Kier alpha value is -1.69. The largest absolute Gasteiger partial charge is 0.368 e.